The average Bonchev–Trinajstić information content (AvgIpc) is 3.46. The average molecular weight is 571 g/mol. The number of likely N-dealkylation sites (tertiary alicyclic amines) is 2. The molecule has 11 nitrogen and oxygen atoms in total. The van der Waals surface area contributed by atoms with Gasteiger partial charge in [0.1, 0.15) is 11.9 Å². The number of aromatic nitrogens is 4. The molecule has 1 aromatic carbocycles. The third-order valence-electron chi connectivity index (χ3n) is 9.23. The maximum absolute atomic E-state index is 15.3. The molecule has 1 aliphatic carbocycles. The van der Waals surface area contributed by atoms with Crippen molar-refractivity contribution in [2.24, 2.45) is 11.8 Å². The van der Waals surface area contributed by atoms with E-state index >= 15 is 4.39 Å². The van der Waals surface area contributed by atoms with Gasteiger partial charge < -0.3 is 9.64 Å². The Morgan fingerprint density at radius 3 is 2.74 bits per heavy atom. The van der Waals surface area contributed by atoms with Crippen LogP contribution < -0.4 is 4.90 Å². The number of nitriles is 1. The highest BCUT2D eigenvalue weighted by Gasteiger charge is 2.71. The number of nitrogens with zero attached hydrogens (tertiary/aromatic N) is 8. The molecule has 12 heteroatoms. The van der Waals surface area contributed by atoms with Crippen LogP contribution >= 0.6 is 0 Å². The fourth-order valence-electron chi connectivity index (χ4n) is 6.96. The molecule has 1 saturated carbocycles. The van der Waals surface area contributed by atoms with E-state index in [-0.39, 0.29) is 24.3 Å². The van der Waals surface area contributed by atoms with Gasteiger partial charge in [0.05, 0.1) is 54.6 Å². The van der Waals surface area contributed by atoms with Gasteiger partial charge in [-0.3, -0.25) is 19.6 Å². The standard InChI is InChI=1S/C30H31FN8O3/c31-26-12-21(39-16-22(42-29(39)41)15-38-11-8-34-35-38)5-6-23(26)20-4-7-27(33-14-20)30-19-37(17-25(30)24(30)13-32)28(40)18-36-9-2-1-3-10-36/h4-8,11-12,14,22,24-25H,1-3,9-10,15-19H2/t22-,24?,25?,30?/m0/s1. The summed E-state index contributed by atoms with van der Waals surface area (Å²) in [6, 6.07) is 10.8. The van der Waals surface area contributed by atoms with Crippen molar-refractivity contribution in [2.75, 3.05) is 44.2 Å². The van der Waals surface area contributed by atoms with E-state index in [0.29, 0.717) is 43.0 Å². The number of rotatable bonds is 7. The zero-order valence-electron chi connectivity index (χ0n) is 23.1. The molecule has 0 radical (unpaired) electrons. The summed E-state index contributed by atoms with van der Waals surface area (Å²) in [6.07, 6.45) is 7.39. The minimum Gasteiger partial charge on any atom is -0.442 e. The van der Waals surface area contributed by atoms with Crippen LogP contribution in [0.5, 0.6) is 0 Å². The first-order valence-electron chi connectivity index (χ1n) is 14.4. The van der Waals surface area contributed by atoms with Gasteiger partial charge in [-0.1, -0.05) is 17.7 Å². The molecule has 216 valence electrons. The fraction of sp³-hybridized carbons (Fsp3) is 0.467. The summed E-state index contributed by atoms with van der Waals surface area (Å²) in [4.78, 5) is 35.7. The Kier molecular flexibility index (Phi) is 6.61. The summed E-state index contributed by atoms with van der Waals surface area (Å²) >= 11 is 0. The van der Waals surface area contributed by atoms with E-state index in [2.05, 4.69) is 21.3 Å². The van der Waals surface area contributed by atoms with Gasteiger partial charge in [-0.2, -0.15) is 5.26 Å². The summed E-state index contributed by atoms with van der Waals surface area (Å²) in [5.74, 6) is -0.483. The van der Waals surface area contributed by atoms with Crippen molar-refractivity contribution in [3.05, 3.63) is 60.4 Å². The maximum atomic E-state index is 15.3. The molecule has 3 aliphatic heterocycles. The van der Waals surface area contributed by atoms with E-state index < -0.39 is 23.4 Å². The number of carbonyl (C=O) groups excluding carboxylic acids is 2. The number of benzene rings is 1. The summed E-state index contributed by atoms with van der Waals surface area (Å²) in [6.45, 7) is 4.04. The zero-order valence-corrected chi connectivity index (χ0v) is 23.1. The first-order chi connectivity index (χ1) is 20.5. The molecule has 0 bridgehead atoms. The van der Waals surface area contributed by atoms with Crippen LogP contribution in [-0.2, 0) is 21.5 Å². The normalized spacial score (nSPS) is 27.0. The maximum Gasteiger partial charge on any atom is 0.414 e. The molecule has 5 heterocycles. The molecule has 3 saturated heterocycles. The molecule has 2 amide bonds. The summed E-state index contributed by atoms with van der Waals surface area (Å²) in [5.41, 5.74) is 1.66. The van der Waals surface area contributed by atoms with Crippen LogP contribution in [0.25, 0.3) is 11.1 Å². The Balaban J connectivity index is 1.04. The number of hydrogen-bond donors (Lipinski definition) is 0. The number of halogens is 1. The van der Waals surface area contributed by atoms with Crippen molar-refractivity contribution < 1.29 is 18.7 Å². The van der Waals surface area contributed by atoms with E-state index in [1.165, 1.54) is 17.4 Å². The number of anilines is 1. The second-order valence-corrected chi connectivity index (χ2v) is 11.7. The lowest BCUT2D eigenvalue weighted by Crippen LogP contribution is -2.43. The zero-order chi connectivity index (χ0) is 28.8. The lowest BCUT2D eigenvalue weighted by molar-refractivity contribution is -0.132. The van der Waals surface area contributed by atoms with Gasteiger partial charge in [-0.25, -0.2) is 13.9 Å². The molecular formula is C30H31FN8O3. The van der Waals surface area contributed by atoms with E-state index in [9.17, 15) is 14.9 Å². The Bertz CT molecular complexity index is 1530. The van der Waals surface area contributed by atoms with Crippen LogP contribution in [0.2, 0.25) is 0 Å². The molecule has 4 fully saturated rings. The van der Waals surface area contributed by atoms with Crippen LogP contribution in [0, 0.1) is 29.0 Å². The number of fused-ring (bicyclic) bond motifs is 1. The molecular weight excluding hydrogens is 539 g/mol. The molecule has 7 rings (SSSR count). The lowest BCUT2D eigenvalue weighted by Gasteiger charge is -2.29. The summed E-state index contributed by atoms with van der Waals surface area (Å²) in [5, 5.41) is 17.5. The molecule has 0 N–H and O–H groups in total. The Morgan fingerprint density at radius 1 is 1.17 bits per heavy atom. The second-order valence-electron chi connectivity index (χ2n) is 11.7. The minimum atomic E-state index is -0.538. The number of cyclic esters (lactones) is 1. The van der Waals surface area contributed by atoms with Crippen LogP contribution in [0.15, 0.2) is 48.9 Å². The van der Waals surface area contributed by atoms with Gasteiger partial charge in [-0.15, -0.1) is 5.10 Å². The lowest BCUT2D eigenvalue weighted by atomic mass is 9.96. The van der Waals surface area contributed by atoms with Crippen molar-refractivity contribution in [2.45, 2.75) is 37.3 Å². The molecule has 0 spiro atoms. The van der Waals surface area contributed by atoms with E-state index in [4.69, 9.17) is 9.72 Å². The second kappa shape index (κ2) is 10.5. The van der Waals surface area contributed by atoms with Gasteiger partial charge in [0.25, 0.3) is 0 Å². The minimum absolute atomic E-state index is 0.0655. The highest BCUT2D eigenvalue weighted by atomic mass is 19.1. The van der Waals surface area contributed by atoms with Gasteiger partial charge in [-0.05, 0) is 50.2 Å². The van der Waals surface area contributed by atoms with Gasteiger partial charge in [0.15, 0.2) is 0 Å². The van der Waals surface area contributed by atoms with Crippen LogP contribution in [0.4, 0.5) is 14.9 Å². The predicted molar refractivity (Wildman–Crippen MR) is 148 cm³/mol. The van der Waals surface area contributed by atoms with Crippen molar-refractivity contribution in [1.82, 2.24) is 29.8 Å². The van der Waals surface area contributed by atoms with Crippen molar-refractivity contribution in [3.63, 3.8) is 0 Å². The predicted octanol–water partition coefficient (Wildman–Crippen LogP) is 2.84. The van der Waals surface area contributed by atoms with Crippen molar-refractivity contribution in [1.29, 1.82) is 5.26 Å². The van der Waals surface area contributed by atoms with Crippen LogP contribution in [0.3, 0.4) is 0 Å². The molecule has 3 unspecified atom stereocenters. The number of carbonyl (C=O) groups is 2. The van der Waals surface area contributed by atoms with Gasteiger partial charge in [0, 0.05) is 42.5 Å². The smallest absolute Gasteiger partial charge is 0.414 e. The highest BCUT2D eigenvalue weighted by molar-refractivity contribution is 5.90. The molecule has 4 aliphatic rings. The van der Waals surface area contributed by atoms with E-state index in [1.807, 2.05) is 17.0 Å². The van der Waals surface area contributed by atoms with Crippen molar-refractivity contribution in [3.8, 4) is 17.2 Å². The van der Waals surface area contributed by atoms with Crippen molar-refractivity contribution >= 4 is 17.7 Å². The third kappa shape index (κ3) is 4.58. The number of ether oxygens (including phenoxy) is 1. The van der Waals surface area contributed by atoms with Gasteiger partial charge in [0.2, 0.25) is 5.91 Å². The number of hydrogen-bond acceptors (Lipinski definition) is 8. The topological polar surface area (TPSA) is 120 Å². The first kappa shape index (κ1) is 26.5. The third-order valence-corrected chi connectivity index (χ3v) is 9.23. The molecule has 3 aromatic rings. The van der Waals surface area contributed by atoms with Crippen LogP contribution in [0.1, 0.15) is 25.0 Å². The van der Waals surface area contributed by atoms with E-state index in [1.54, 1.807) is 35.4 Å². The number of pyridine rings is 1. The van der Waals surface area contributed by atoms with E-state index in [0.717, 1.165) is 31.6 Å². The SMILES string of the molecule is N#CC1C2CN(C(=O)CN3CCCCC3)CC12c1ccc(-c2ccc(N3C[C@H](Cn4ccnn4)OC3=O)cc2F)cn1. The first-order valence-corrected chi connectivity index (χ1v) is 14.4. The quantitative estimate of drug-likeness (QED) is 0.425. The molecule has 4 atom stereocenters. The molecule has 2 aromatic heterocycles. The number of piperidine rings is 2. The van der Waals surface area contributed by atoms with Gasteiger partial charge >= 0.3 is 6.09 Å². The fourth-order valence-corrected chi connectivity index (χ4v) is 6.96. The highest BCUT2D eigenvalue weighted by Crippen LogP contribution is 2.63. The number of amides is 2. The Morgan fingerprint density at radius 2 is 2.02 bits per heavy atom. The monoisotopic (exact) mass is 570 g/mol. The Labute approximate surface area is 242 Å². The largest absolute Gasteiger partial charge is 0.442 e. The molecule has 42 heavy (non-hydrogen) atoms. The summed E-state index contributed by atoms with van der Waals surface area (Å²) < 4.78 is 22.3. The summed E-state index contributed by atoms with van der Waals surface area (Å²) in [7, 11) is 0. The van der Waals surface area contributed by atoms with Crippen LogP contribution in [-0.4, -0.2) is 87.2 Å². The Hall–Kier alpha value is -4.37.